The molecule has 2 fully saturated rings. The van der Waals surface area contributed by atoms with E-state index in [1.807, 2.05) is 0 Å². The SMILES string of the molecule is CC(=O)NC1CCN(CC2(O)CCNCC2)C1. The van der Waals surface area contributed by atoms with Gasteiger partial charge >= 0.3 is 0 Å². The van der Waals surface area contributed by atoms with Crippen LogP contribution in [0.3, 0.4) is 0 Å². The van der Waals surface area contributed by atoms with Gasteiger partial charge in [0, 0.05) is 32.6 Å². The Hall–Kier alpha value is -0.650. The zero-order valence-electron chi connectivity index (χ0n) is 10.5. The monoisotopic (exact) mass is 241 g/mol. The maximum Gasteiger partial charge on any atom is 0.217 e. The Morgan fingerprint density at radius 1 is 1.53 bits per heavy atom. The van der Waals surface area contributed by atoms with Crippen LogP contribution in [-0.4, -0.2) is 60.3 Å². The van der Waals surface area contributed by atoms with Crippen LogP contribution in [0.25, 0.3) is 0 Å². The molecule has 17 heavy (non-hydrogen) atoms. The summed E-state index contributed by atoms with van der Waals surface area (Å²) in [7, 11) is 0. The fourth-order valence-electron chi connectivity index (χ4n) is 2.85. The predicted molar refractivity (Wildman–Crippen MR) is 65.7 cm³/mol. The summed E-state index contributed by atoms with van der Waals surface area (Å²) < 4.78 is 0. The molecule has 1 unspecified atom stereocenters. The second-order valence-electron chi connectivity index (χ2n) is 5.40. The van der Waals surface area contributed by atoms with Gasteiger partial charge in [-0.2, -0.15) is 0 Å². The normalized spacial score (nSPS) is 29.2. The molecule has 0 aliphatic carbocycles. The number of nitrogens with zero attached hydrogens (tertiary/aromatic N) is 1. The molecule has 2 saturated heterocycles. The summed E-state index contributed by atoms with van der Waals surface area (Å²) in [5.41, 5.74) is -0.531. The minimum atomic E-state index is -0.531. The van der Waals surface area contributed by atoms with E-state index in [9.17, 15) is 9.90 Å². The molecule has 2 rings (SSSR count). The summed E-state index contributed by atoms with van der Waals surface area (Å²) in [6, 6.07) is 0.262. The van der Waals surface area contributed by atoms with E-state index < -0.39 is 5.60 Å². The fraction of sp³-hybridized carbons (Fsp3) is 0.917. The van der Waals surface area contributed by atoms with Gasteiger partial charge in [0.05, 0.1) is 5.60 Å². The number of piperidine rings is 1. The summed E-state index contributed by atoms with van der Waals surface area (Å²) in [5.74, 6) is 0.0393. The second-order valence-corrected chi connectivity index (χ2v) is 5.40. The molecule has 0 radical (unpaired) electrons. The second kappa shape index (κ2) is 5.33. The number of hydrogen-bond donors (Lipinski definition) is 3. The Morgan fingerprint density at radius 3 is 2.88 bits per heavy atom. The first kappa shape index (κ1) is 12.8. The minimum Gasteiger partial charge on any atom is -0.388 e. The van der Waals surface area contributed by atoms with E-state index in [1.54, 1.807) is 6.92 Å². The summed E-state index contributed by atoms with van der Waals surface area (Å²) in [4.78, 5) is 13.2. The Kier molecular flexibility index (Phi) is 4.01. The number of carbonyl (C=O) groups excluding carboxylic acids is 1. The average molecular weight is 241 g/mol. The van der Waals surface area contributed by atoms with E-state index >= 15 is 0 Å². The predicted octanol–water partition coefficient (Wildman–Crippen LogP) is -0.689. The van der Waals surface area contributed by atoms with E-state index in [-0.39, 0.29) is 11.9 Å². The van der Waals surface area contributed by atoms with Gasteiger partial charge in [-0.15, -0.1) is 0 Å². The topological polar surface area (TPSA) is 64.6 Å². The van der Waals surface area contributed by atoms with Gasteiger partial charge in [-0.05, 0) is 32.4 Å². The molecule has 2 aliphatic rings. The van der Waals surface area contributed by atoms with Crippen molar-refractivity contribution in [3.8, 4) is 0 Å². The number of amides is 1. The van der Waals surface area contributed by atoms with Crippen molar-refractivity contribution < 1.29 is 9.90 Å². The molecule has 1 amide bonds. The molecular formula is C12H23N3O2. The molecule has 2 heterocycles. The van der Waals surface area contributed by atoms with Crippen molar-refractivity contribution in [2.75, 3.05) is 32.7 Å². The van der Waals surface area contributed by atoms with Gasteiger partial charge in [-0.25, -0.2) is 0 Å². The smallest absolute Gasteiger partial charge is 0.217 e. The van der Waals surface area contributed by atoms with Crippen LogP contribution in [0.2, 0.25) is 0 Å². The van der Waals surface area contributed by atoms with Gasteiger partial charge in [0.25, 0.3) is 0 Å². The average Bonchev–Trinajstić information content (AvgIpc) is 2.64. The molecule has 0 saturated carbocycles. The van der Waals surface area contributed by atoms with Crippen molar-refractivity contribution in [1.82, 2.24) is 15.5 Å². The van der Waals surface area contributed by atoms with Gasteiger partial charge < -0.3 is 15.7 Å². The van der Waals surface area contributed by atoms with Crippen LogP contribution in [0.1, 0.15) is 26.2 Å². The number of carbonyl (C=O) groups is 1. The van der Waals surface area contributed by atoms with Crippen molar-refractivity contribution in [1.29, 1.82) is 0 Å². The molecular weight excluding hydrogens is 218 g/mol. The van der Waals surface area contributed by atoms with E-state index in [4.69, 9.17) is 0 Å². The number of β-amino-alcohol motifs (C(OH)–C–C–N with tert-alkyl or cyclic N) is 1. The maximum atomic E-state index is 11.0. The molecule has 0 aromatic heterocycles. The summed E-state index contributed by atoms with van der Waals surface area (Å²) >= 11 is 0. The highest BCUT2D eigenvalue weighted by molar-refractivity contribution is 5.73. The van der Waals surface area contributed by atoms with Gasteiger partial charge in [0.2, 0.25) is 5.91 Å². The van der Waals surface area contributed by atoms with Gasteiger partial charge in [0.15, 0.2) is 0 Å². The van der Waals surface area contributed by atoms with Crippen LogP contribution >= 0.6 is 0 Å². The van der Waals surface area contributed by atoms with Crippen LogP contribution < -0.4 is 10.6 Å². The molecule has 2 aliphatic heterocycles. The molecule has 5 heteroatoms. The lowest BCUT2D eigenvalue weighted by molar-refractivity contribution is -0.119. The van der Waals surface area contributed by atoms with Gasteiger partial charge in [-0.3, -0.25) is 9.69 Å². The first-order valence-corrected chi connectivity index (χ1v) is 6.50. The third-order valence-electron chi connectivity index (χ3n) is 3.73. The number of rotatable bonds is 3. The third-order valence-corrected chi connectivity index (χ3v) is 3.73. The van der Waals surface area contributed by atoms with Crippen molar-refractivity contribution in [3.05, 3.63) is 0 Å². The van der Waals surface area contributed by atoms with E-state index in [2.05, 4.69) is 15.5 Å². The molecule has 98 valence electrons. The summed E-state index contributed by atoms with van der Waals surface area (Å²) in [6.07, 6.45) is 2.65. The van der Waals surface area contributed by atoms with Crippen molar-refractivity contribution >= 4 is 5.91 Å². The molecule has 1 atom stereocenters. The van der Waals surface area contributed by atoms with E-state index in [0.717, 1.165) is 52.0 Å². The van der Waals surface area contributed by atoms with Gasteiger partial charge in [0.1, 0.15) is 0 Å². The minimum absolute atomic E-state index is 0.0393. The molecule has 0 bridgehead atoms. The zero-order valence-corrected chi connectivity index (χ0v) is 10.5. The number of nitrogens with one attached hydrogen (secondary N) is 2. The Labute approximate surface area is 103 Å². The van der Waals surface area contributed by atoms with Crippen LogP contribution in [0.4, 0.5) is 0 Å². The zero-order chi connectivity index (χ0) is 12.3. The third kappa shape index (κ3) is 3.66. The highest BCUT2D eigenvalue weighted by atomic mass is 16.3. The van der Waals surface area contributed by atoms with Crippen molar-refractivity contribution in [3.63, 3.8) is 0 Å². The molecule has 0 aromatic carbocycles. The summed E-state index contributed by atoms with van der Waals surface area (Å²) in [6.45, 7) is 5.95. The Balaban J connectivity index is 1.78. The van der Waals surface area contributed by atoms with Crippen LogP contribution in [-0.2, 0) is 4.79 Å². The van der Waals surface area contributed by atoms with Crippen LogP contribution in [0, 0.1) is 0 Å². The Bertz CT molecular complexity index is 277. The largest absolute Gasteiger partial charge is 0.388 e. The number of aliphatic hydroxyl groups is 1. The van der Waals surface area contributed by atoms with Crippen molar-refractivity contribution in [2.24, 2.45) is 0 Å². The fourth-order valence-corrected chi connectivity index (χ4v) is 2.85. The quantitative estimate of drug-likeness (QED) is 0.612. The Morgan fingerprint density at radius 2 is 2.24 bits per heavy atom. The number of hydrogen-bond acceptors (Lipinski definition) is 4. The number of likely N-dealkylation sites (tertiary alicyclic amines) is 1. The lowest BCUT2D eigenvalue weighted by atomic mass is 9.92. The first-order chi connectivity index (χ1) is 8.07. The van der Waals surface area contributed by atoms with Crippen LogP contribution in [0.15, 0.2) is 0 Å². The highest BCUT2D eigenvalue weighted by Gasteiger charge is 2.34. The highest BCUT2D eigenvalue weighted by Crippen LogP contribution is 2.21. The maximum absolute atomic E-state index is 11.0. The first-order valence-electron chi connectivity index (χ1n) is 6.50. The van der Waals surface area contributed by atoms with Crippen LogP contribution in [0.5, 0.6) is 0 Å². The lowest BCUT2D eigenvalue weighted by Crippen LogP contribution is -2.49. The molecule has 0 spiro atoms. The van der Waals surface area contributed by atoms with Gasteiger partial charge in [-0.1, -0.05) is 0 Å². The van der Waals surface area contributed by atoms with E-state index in [0.29, 0.717) is 0 Å². The molecule has 0 aromatic rings. The lowest BCUT2D eigenvalue weighted by Gasteiger charge is -2.35. The molecule has 5 nitrogen and oxygen atoms in total. The van der Waals surface area contributed by atoms with Crippen molar-refractivity contribution in [2.45, 2.75) is 37.8 Å². The summed E-state index contributed by atoms with van der Waals surface area (Å²) in [5, 5.41) is 16.6. The molecule has 3 N–H and O–H groups in total. The standard InChI is InChI=1S/C12H23N3O2/c1-10(16)14-11-2-7-15(8-11)9-12(17)3-5-13-6-4-12/h11,13,17H,2-9H2,1H3,(H,14,16). The van der Waals surface area contributed by atoms with E-state index in [1.165, 1.54) is 0 Å².